The summed E-state index contributed by atoms with van der Waals surface area (Å²) in [5.41, 5.74) is 0.0834. The third kappa shape index (κ3) is 7.58. The maximum Gasteiger partial charge on any atom is 0.110 e. The molecule has 1 aliphatic heterocycles. The molecule has 0 aromatic carbocycles. The van der Waals surface area contributed by atoms with Gasteiger partial charge in [0, 0.05) is 18.6 Å². The maximum atomic E-state index is 5.98. The molecule has 120 valence electrons. The molecule has 2 atom stereocenters. The Morgan fingerprint density at radius 1 is 1.05 bits per heavy atom. The first kappa shape index (κ1) is 17.9. The third-order valence-corrected chi connectivity index (χ3v) is 3.54. The zero-order chi connectivity index (χ0) is 15.0. The van der Waals surface area contributed by atoms with Crippen LogP contribution < -0.4 is 5.32 Å². The molecule has 0 spiro atoms. The average Bonchev–Trinajstić information content (AvgIpc) is 2.38. The molecule has 1 aliphatic rings. The monoisotopic (exact) mass is 286 g/mol. The second kappa shape index (κ2) is 8.98. The van der Waals surface area contributed by atoms with E-state index in [1.54, 1.807) is 0 Å². The Balaban J connectivity index is 2.15. The lowest BCUT2D eigenvalue weighted by atomic mass is 10.1. The van der Waals surface area contributed by atoms with Crippen molar-refractivity contribution in [2.45, 2.75) is 78.3 Å². The van der Waals surface area contributed by atoms with Crippen LogP contribution in [0, 0.1) is 0 Å². The van der Waals surface area contributed by atoms with Gasteiger partial charge in [-0.15, -0.1) is 0 Å². The van der Waals surface area contributed by atoms with Crippen LogP contribution in [0.3, 0.4) is 0 Å². The van der Waals surface area contributed by atoms with Crippen molar-refractivity contribution in [2.24, 2.45) is 0 Å². The summed E-state index contributed by atoms with van der Waals surface area (Å²) in [5.74, 6) is 0. The maximum absolute atomic E-state index is 5.98. The molecular weight excluding hydrogens is 252 g/mol. The number of nitrogens with one attached hydrogen (secondary N) is 1. The number of ether oxygens (including phenoxy) is 2. The summed E-state index contributed by atoms with van der Waals surface area (Å²) < 4.78 is 11.7. The van der Waals surface area contributed by atoms with Crippen molar-refractivity contribution < 1.29 is 9.47 Å². The van der Waals surface area contributed by atoms with E-state index in [4.69, 9.17) is 9.47 Å². The van der Waals surface area contributed by atoms with E-state index in [2.05, 4.69) is 37.9 Å². The van der Waals surface area contributed by atoms with E-state index in [1.165, 1.54) is 32.4 Å². The van der Waals surface area contributed by atoms with Crippen LogP contribution in [-0.4, -0.2) is 49.2 Å². The highest BCUT2D eigenvalue weighted by Gasteiger charge is 2.19. The molecule has 1 saturated heterocycles. The topological polar surface area (TPSA) is 33.7 Å². The zero-order valence-corrected chi connectivity index (χ0v) is 14.1. The van der Waals surface area contributed by atoms with Crippen LogP contribution in [0.5, 0.6) is 0 Å². The highest BCUT2D eigenvalue weighted by Crippen LogP contribution is 2.15. The first-order valence-electron chi connectivity index (χ1n) is 8.17. The fourth-order valence-corrected chi connectivity index (χ4v) is 2.75. The van der Waals surface area contributed by atoms with Crippen molar-refractivity contribution in [2.75, 3.05) is 26.3 Å². The van der Waals surface area contributed by atoms with Crippen LogP contribution in [0.1, 0.15) is 60.3 Å². The molecule has 0 bridgehead atoms. The predicted molar refractivity (Wildman–Crippen MR) is 83.8 cm³/mol. The lowest BCUT2D eigenvalue weighted by molar-refractivity contribution is -0.0943. The number of rotatable bonds is 8. The lowest BCUT2D eigenvalue weighted by Crippen LogP contribution is -2.44. The molecule has 1 fully saturated rings. The Morgan fingerprint density at radius 2 is 1.65 bits per heavy atom. The Hall–Kier alpha value is -0.160. The molecule has 1 rings (SSSR count). The van der Waals surface area contributed by atoms with E-state index < -0.39 is 0 Å². The molecule has 0 radical (unpaired) electrons. The average molecular weight is 286 g/mol. The van der Waals surface area contributed by atoms with Gasteiger partial charge in [0.25, 0.3) is 0 Å². The summed E-state index contributed by atoms with van der Waals surface area (Å²) in [4.78, 5) is 2.47. The summed E-state index contributed by atoms with van der Waals surface area (Å²) in [6.07, 6.45) is 5.37. The van der Waals surface area contributed by atoms with Crippen molar-refractivity contribution in [1.82, 2.24) is 10.2 Å². The van der Waals surface area contributed by atoms with Crippen molar-refractivity contribution in [1.29, 1.82) is 0 Å². The molecular formula is C16H34N2O2. The SMILES string of the molecule is CCC(OCCOC(C)NC(C)(C)C)N1CCCCC1. The second-order valence-corrected chi connectivity index (χ2v) is 6.74. The minimum Gasteiger partial charge on any atom is -0.361 e. The van der Waals surface area contributed by atoms with Crippen LogP contribution in [-0.2, 0) is 9.47 Å². The molecule has 0 aromatic heterocycles. The summed E-state index contributed by atoms with van der Waals surface area (Å²) in [6.45, 7) is 14.4. The zero-order valence-electron chi connectivity index (χ0n) is 14.1. The van der Waals surface area contributed by atoms with Gasteiger partial charge >= 0.3 is 0 Å². The Morgan fingerprint density at radius 3 is 2.20 bits per heavy atom. The molecule has 0 amide bonds. The van der Waals surface area contributed by atoms with Crippen LogP contribution in [0.15, 0.2) is 0 Å². The smallest absolute Gasteiger partial charge is 0.110 e. The van der Waals surface area contributed by atoms with Crippen molar-refractivity contribution in [3.05, 3.63) is 0 Å². The summed E-state index contributed by atoms with van der Waals surface area (Å²) in [6, 6.07) is 0. The van der Waals surface area contributed by atoms with Crippen molar-refractivity contribution in [3.63, 3.8) is 0 Å². The third-order valence-electron chi connectivity index (χ3n) is 3.54. The second-order valence-electron chi connectivity index (χ2n) is 6.74. The van der Waals surface area contributed by atoms with Crippen LogP contribution >= 0.6 is 0 Å². The molecule has 1 heterocycles. The highest BCUT2D eigenvalue weighted by molar-refractivity contribution is 4.71. The fourth-order valence-electron chi connectivity index (χ4n) is 2.75. The first-order chi connectivity index (χ1) is 9.42. The van der Waals surface area contributed by atoms with Gasteiger partial charge in [-0.3, -0.25) is 10.2 Å². The normalized spacial score (nSPS) is 20.9. The quantitative estimate of drug-likeness (QED) is 0.549. The Bertz CT molecular complexity index is 247. The van der Waals surface area contributed by atoms with Gasteiger partial charge in [0.15, 0.2) is 0 Å². The molecule has 0 saturated carbocycles. The Labute approximate surface area is 125 Å². The van der Waals surface area contributed by atoms with Crippen molar-refractivity contribution in [3.8, 4) is 0 Å². The van der Waals surface area contributed by atoms with Crippen LogP contribution in [0.4, 0.5) is 0 Å². The van der Waals surface area contributed by atoms with Crippen LogP contribution in [0.25, 0.3) is 0 Å². The highest BCUT2D eigenvalue weighted by atomic mass is 16.5. The van der Waals surface area contributed by atoms with Gasteiger partial charge in [-0.1, -0.05) is 13.3 Å². The lowest BCUT2D eigenvalue weighted by Gasteiger charge is -2.34. The Kier molecular flexibility index (Phi) is 8.03. The molecule has 0 aliphatic carbocycles. The summed E-state index contributed by atoms with van der Waals surface area (Å²) in [7, 11) is 0. The minimum atomic E-state index is 0.0636. The molecule has 1 N–H and O–H groups in total. The van der Waals surface area contributed by atoms with Crippen molar-refractivity contribution >= 4 is 0 Å². The van der Waals surface area contributed by atoms with E-state index in [0.717, 1.165) is 6.42 Å². The number of piperidine rings is 1. The van der Waals surface area contributed by atoms with E-state index >= 15 is 0 Å². The largest absolute Gasteiger partial charge is 0.361 e. The molecule has 2 unspecified atom stereocenters. The summed E-state index contributed by atoms with van der Waals surface area (Å²) in [5, 5.41) is 3.40. The van der Waals surface area contributed by atoms with E-state index in [9.17, 15) is 0 Å². The van der Waals surface area contributed by atoms with Crippen LogP contribution in [0.2, 0.25) is 0 Å². The van der Waals surface area contributed by atoms with E-state index in [1.807, 2.05) is 6.92 Å². The summed E-state index contributed by atoms with van der Waals surface area (Å²) >= 11 is 0. The molecule has 4 nitrogen and oxygen atoms in total. The number of hydrogen-bond acceptors (Lipinski definition) is 4. The van der Waals surface area contributed by atoms with Gasteiger partial charge in [-0.05, 0) is 47.0 Å². The van der Waals surface area contributed by atoms with Gasteiger partial charge in [-0.25, -0.2) is 0 Å². The molecule has 4 heteroatoms. The number of likely N-dealkylation sites (tertiary alicyclic amines) is 1. The minimum absolute atomic E-state index is 0.0636. The number of nitrogens with zero attached hydrogens (tertiary/aromatic N) is 1. The number of hydrogen-bond donors (Lipinski definition) is 1. The molecule has 0 aromatic rings. The van der Waals surface area contributed by atoms with Gasteiger partial charge < -0.3 is 9.47 Å². The predicted octanol–water partition coefficient (Wildman–Crippen LogP) is 2.98. The molecule has 20 heavy (non-hydrogen) atoms. The van der Waals surface area contributed by atoms with Gasteiger partial charge in [-0.2, -0.15) is 0 Å². The standard InChI is InChI=1S/C16H34N2O2/c1-6-15(18-10-8-7-9-11-18)20-13-12-19-14(2)17-16(3,4)5/h14-15,17H,6-13H2,1-5H3. The van der Waals surface area contributed by atoms with E-state index in [-0.39, 0.29) is 18.0 Å². The van der Waals surface area contributed by atoms with Gasteiger partial charge in [0.2, 0.25) is 0 Å². The van der Waals surface area contributed by atoms with Gasteiger partial charge in [0.05, 0.1) is 13.2 Å². The fraction of sp³-hybridized carbons (Fsp3) is 1.00. The first-order valence-corrected chi connectivity index (χ1v) is 8.17. The van der Waals surface area contributed by atoms with Gasteiger partial charge in [0.1, 0.15) is 12.5 Å². The van der Waals surface area contributed by atoms with E-state index in [0.29, 0.717) is 13.2 Å².